The zero-order valence-electron chi connectivity index (χ0n) is 14.3. The van der Waals surface area contributed by atoms with Gasteiger partial charge in [0.25, 0.3) is 5.91 Å². The lowest BCUT2D eigenvalue weighted by Gasteiger charge is -2.10. The van der Waals surface area contributed by atoms with Crippen molar-refractivity contribution in [3.05, 3.63) is 64.4 Å². The number of rotatable bonds is 7. The van der Waals surface area contributed by atoms with Crippen molar-refractivity contribution in [3.8, 4) is 0 Å². The van der Waals surface area contributed by atoms with Crippen LogP contribution in [0.1, 0.15) is 21.6 Å². The van der Waals surface area contributed by atoms with Crippen LogP contribution in [0.4, 0.5) is 0 Å². The molecule has 1 aromatic carbocycles. The van der Waals surface area contributed by atoms with Crippen molar-refractivity contribution in [2.75, 3.05) is 20.6 Å². The Morgan fingerprint density at radius 1 is 1.08 bits per heavy atom. The van der Waals surface area contributed by atoms with E-state index in [2.05, 4.69) is 20.5 Å². The van der Waals surface area contributed by atoms with Crippen LogP contribution >= 0.6 is 11.6 Å². The van der Waals surface area contributed by atoms with E-state index < -0.39 is 5.91 Å². The van der Waals surface area contributed by atoms with Crippen LogP contribution in [0.5, 0.6) is 0 Å². The molecule has 2 rings (SSSR count). The second kappa shape index (κ2) is 9.15. The maximum Gasteiger partial charge on any atom is 0.270 e. The number of carbonyl (C=O) groups is 2. The maximum atomic E-state index is 11.9. The Morgan fingerprint density at radius 3 is 2.40 bits per heavy atom. The van der Waals surface area contributed by atoms with Gasteiger partial charge in [0.2, 0.25) is 5.91 Å². The topological polar surface area (TPSA) is 74.3 Å². The monoisotopic (exact) mass is 360 g/mol. The summed E-state index contributed by atoms with van der Waals surface area (Å²) in [6.45, 7) is 1.16. The minimum atomic E-state index is -0.439. The van der Waals surface area contributed by atoms with Gasteiger partial charge in [-0.05, 0) is 37.4 Å². The first-order chi connectivity index (χ1) is 11.9. The van der Waals surface area contributed by atoms with E-state index in [1.807, 2.05) is 38.4 Å². The molecule has 0 aliphatic rings. The van der Waals surface area contributed by atoms with Gasteiger partial charge >= 0.3 is 0 Å². The number of carbonyl (C=O) groups excluding carboxylic acids is 2. The van der Waals surface area contributed by atoms with Gasteiger partial charge in [0.15, 0.2) is 0 Å². The first-order valence-corrected chi connectivity index (χ1v) is 8.21. The molecule has 2 amide bonds. The summed E-state index contributed by atoms with van der Waals surface area (Å²) in [6.07, 6.45) is 1.44. The van der Waals surface area contributed by atoms with Crippen LogP contribution in [0.3, 0.4) is 0 Å². The van der Waals surface area contributed by atoms with Gasteiger partial charge in [0, 0.05) is 24.3 Å². The summed E-state index contributed by atoms with van der Waals surface area (Å²) in [5.41, 5.74) is 2.39. The molecule has 0 aliphatic heterocycles. The highest BCUT2D eigenvalue weighted by Crippen LogP contribution is 2.08. The minimum Gasteiger partial charge on any atom is -0.350 e. The number of aromatic nitrogens is 1. The highest BCUT2D eigenvalue weighted by atomic mass is 35.5. The van der Waals surface area contributed by atoms with E-state index in [4.69, 9.17) is 11.6 Å². The summed E-state index contributed by atoms with van der Waals surface area (Å²) in [6, 6.07) is 11.1. The Hall–Kier alpha value is -2.44. The van der Waals surface area contributed by atoms with Crippen LogP contribution in [0, 0.1) is 0 Å². The third kappa shape index (κ3) is 6.52. The summed E-state index contributed by atoms with van der Waals surface area (Å²) in [5, 5.41) is 5.70. The number of nitrogens with one attached hydrogen (secondary N) is 2. The van der Waals surface area contributed by atoms with Crippen molar-refractivity contribution in [3.63, 3.8) is 0 Å². The average Bonchev–Trinajstić information content (AvgIpc) is 2.58. The number of amides is 2. The lowest BCUT2D eigenvalue weighted by atomic mass is 10.1. The van der Waals surface area contributed by atoms with Crippen molar-refractivity contribution in [1.82, 2.24) is 20.5 Å². The molecule has 6 nitrogen and oxygen atoms in total. The third-order valence-corrected chi connectivity index (χ3v) is 3.61. The molecule has 0 aliphatic carbocycles. The fraction of sp³-hybridized carbons (Fsp3) is 0.278. The molecule has 7 heteroatoms. The molecule has 2 N–H and O–H groups in total. The largest absolute Gasteiger partial charge is 0.350 e. The zero-order valence-corrected chi connectivity index (χ0v) is 15.0. The van der Waals surface area contributed by atoms with Crippen molar-refractivity contribution in [1.29, 1.82) is 0 Å². The molecule has 0 atom stereocenters. The van der Waals surface area contributed by atoms with Crippen LogP contribution in [0.15, 0.2) is 42.6 Å². The number of halogens is 1. The van der Waals surface area contributed by atoms with E-state index in [1.165, 1.54) is 17.8 Å². The first-order valence-electron chi connectivity index (χ1n) is 7.83. The Labute approximate surface area is 152 Å². The Morgan fingerprint density at radius 2 is 1.76 bits per heavy atom. The minimum absolute atomic E-state index is 0.119. The summed E-state index contributed by atoms with van der Waals surface area (Å²) in [7, 11) is 4.03. The lowest BCUT2D eigenvalue weighted by Crippen LogP contribution is -2.36. The van der Waals surface area contributed by atoms with Gasteiger partial charge in [0.05, 0.1) is 6.54 Å². The quantitative estimate of drug-likeness (QED) is 0.790. The number of hydrogen-bond acceptors (Lipinski definition) is 4. The fourth-order valence-electron chi connectivity index (χ4n) is 2.17. The molecular formula is C18H21ClN4O2. The SMILES string of the molecule is CN(C)Cc1ccc(CNC(=O)CNC(=O)c2cc(Cl)ccn2)cc1. The van der Waals surface area contributed by atoms with Gasteiger partial charge in [-0.3, -0.25) is 14.6 Å². The van der Waals surface area contributed by atoms with Crippen LogP contribution in [-0.2, 0) is 17.9 Å². The standard InChI is InChI=1S/C18H21ClN4O2/c1-23(2)12-14-5-3-13(4-6-14)10-21-17(24)11-22-18(25)16-9-15(19)7-8-20-16/h3-9H,10-12H2,1-2H3,(H,21,24)(H,22,25). The van der Waals surface area contributed by atoms with Crippen molar-refractivity contribution >= 4 is 23.4 Å². The van der Waals surface area contributed by atoms with Crippen LogP contribution in [0.25, 0.3) is 0 Å². The van der Waals surface area contributed by atoms with E-state index in [9.17, 15) is 9.59 Å². The van der Waals surface area contributed by atoms with Gasteiger partial charge < -0.3 is 15.5 Å². The predicted octanol–water partition coefficient (Wildman–Crippen LogP) is 1.84. The van der Waals surface area contributed by atoms with E-state index in [-0.39, 0.29) is 18.1 Å². The van der Waals surface area contributed by atoms with Crippen molar-refractivity contribution < 1.29 is 9.59 Å². The molecule has 132 valence electrons. The molecule has 1 aromatic heterocycles. The van der Waals surface area contributed by atoms with E-state index >= 15 is 0 Å². The molecule has 0 bridgehead atoms. The molecule has 2 aromatic rings. The smallest absolute Gasteiger partial charge is 0.270 e. The lowest BCUT2D eigenvalue weighted by molar-refractivity contribution is -0.120. The number of benzene rings is 1. The average molecular weight is 361 g/mol. The Kier molecular flexibility index (Phi) is 6.91. The van der Waals surface area contributed by atoms with E-state index in [0.717, 1.165) is 12.1 Å². The molecule has 0 fully saturated rings. The number of nitrogens with zero attached hydrogens (tertiary/aromatic N) is 2. The summed E-state index contributed by atoms with van der Waals surface area (Å²) < 4.78 is 0. The summed E-state index contributed by atoms with van der Waals surface area (Å²) >= 11 is 5.81. The fourth-order valence-corrected chi connectivity index (χ4v) is 2.33. The molecule has 0 unspecified atom stereocenters. The number of hydrogen-bond donors (Lipinski definition) is 2. The van der Waals surface area contributed by atoms with E-state index in [1.54, 1.807) is 6.07 Å². The highest BCUT2D eigenvalue weighted by molar-refractivity contribution is 6.30. The second-order valence-electron chi connectivity index (χ2n) is 5.87. The molecule has 25 heavy (non-hydrogen) atoms. The number of pyridine rings is 1. The highest BCUT2D eigenvalue weighted by Gasteiger charge is 2.09. The van der Waals surface area contributed by atoms with E-state index in [0.29, 0.717) is 11.6 Å². The zero-order chi connectivity index (χ0) is 18.2. The molecule has 0 spiro atoms. The molecule has 0 saturated carbocycles. The maximum absolute atomic E-state index is 11.9. The Balaban J connectivity index is 1.76. The van der Waals surface area contributed by atoms with Crippen LogP contribution < -0.4 is 10.6 Å². The van der Waals surface area contributed by atoms with Gasteiger partial charge in [-0.1, -0.05) is 35.9 Å². The van der Waals surface area contributed by atoms with Gasteiger partial charge in [-0.25, -0.2) is 0 Å². The Bertz CT molecular complexity index is 732. The first kappa shape index (κ1) is 18.9. The molecule has 1 heterocycles. The molecule has 0 radical (unpaired) electrons. The van der Waals surface area contributed by atoms with Crippen molar-refractivity contribution in [2.45, 2.75) is 13.1 Å². The predicted molar refractivity (Wildman–Crippen MR) is 97.3 cm³/mol. The van der Waals surface area contributed by atoms with Gasteiger partial charge in [-0.2, -0.15) is 0 Å². The van der Waals surface area contributed by atoms with Crippen LogP contribution in [0.2, 0.25) is 5.02 Å². The molecule has 0 saturated heterocycles. The summed E-state index contributed by atoms with van der Waals surface area (Å²) in [5.74, 6) is -0.710. The summed E-state index contributed by atoms with van der Waals surface area (Å²) in [4.78, 5) is 29.7. The van der Waals surface area contributed by atoms with Crippen LogP contribution in [-0.4, -0.2) is 42.3 Å². The second-order valence-corrected chi connectivity index (χ2v) is 6.31. The molecular weight excluding hydrogens is 340 g/mol. The third-order valence-electron chi connectivity index (χ3n) is 3.38. The van der Waals surface area contributed by atoms with Gasteiger partial charge in [-0.15, -0.1) is 0 Å². The normalized spacial score (nSPS) is 10.6. The van der Waals surface area contributed by atoms with Crippen molar-refractivity contribution in [2.24, 2.45) is 0 Å². The van der Waals surface area contributed by atoms with Gasteiger partial charge in [0.1, 0.15) is 5.69 Å².